The van der Waals surface area contributed by atoms with Crippen LogP contribution in [0.25, 0.3) is 0 Å². The monoisotopic (exact) mass is 252 g/mol. The van der Waals surface area contributed by atoms with Crippen molar-refractivity contribution in [1.29, 1.82) is 0 Å². The normalized spacial score (nSPS) is 23.2. The maximum Gasteiger partial charge on any atom is 0.322 e. The van der Waals surface area contributed by atoms with E-state index in [-0.39, 0.29) is 6.01 Å². The lowest BCUT2D eigenvalue weighted by Gasteiger charge is -2.28. The predicted octanol–water partition coefficient (Wildman–Crippen LogP) is 0.933. The molecule has 7 nitrogen and oxygen atoms in total. The van der Waals surface area contributed by atoms with Crippen molar-refractivity contribution in [3.8, 4) is 6.01 Å². The van der Waals surface area contributed by atoms with Crippen LogP contribution in [0.15, 0.2) is 0 Å². The van der Waals surface area contributed by atoms with Crippen LogP contribution in [0.1, 0.15) is 33.1 Å². The molecule has 0 saturated carbocycles. The Labute approximate surface area is 107 Å². The van der Waals surface area contributed by atoms with Crippen molar-refractivity contribution in [2.45, 2.75) is 45.2 Å². The molecule has 1 aliphatic rings. The standard InChI is InChI=1S/C11H20N6O/c1-4-8-6-5-7(2)17(8)10-13-9(16-12)14-11(15-10)18-3/h7-8H,4-6,12H2,1-3H3,(H,13,14,15,16). The Hall–Kier alpha value is -1.63. The predicted molar refractivity (Wildman–Crippen MR) is 69.4 cm³/mol. The Balaban J connectivity index is 2.36. The Morgan fingerprint density at radius 1 is 1.39 bits per heavy atom. The van der Waals surface area contributed by atoms with Crippen molar-refractivity contribution in [1.82, 2.24) is 15.0 Å². The topological polar surface area (TPSA) is 89.2 Å². The molecule has 3 N–H and O–H groups in total. The minimum Gasteiger partial charge on any atom is -0.467 e. The zero-order valence-electron chi connectivity index (χ0n) is 11.1. The van der Waals surface area contributed by atoms with Gasteiger partial charge in [0.1, 0.15) is 0 Å². The van der Waals surface area contributed by atoms with Gasteiger partial charge in [-0.3, -0.25) is 5.43 Å². The molecule has 7 heteroatoms. The number of aromatic nitrogens is 3. The molecule has 0 amide bonds. The lowest BCUT2D eigenvalue weighted by atomic mass is 10.2. The van der Waals surface area contributed by atoms with E-state index in [0.29, 0.717) is 24.0 Å². The van der Waals surface area contributed by atoms with Crippen LogP contribution >= 0.6 is 0 Å². The summed E-state index contributed by atoms with van der Waals surface area (Å²) in [7, 11) is 1.53. The van der Waals surface area contributed by atoms with Crippen molar-refractivity contribution >= 4 is 11.9 Å². The Bertz CT molecular complexity index is 390. The van der Waals surface area contributed by atoms with Gasteiger partial charge in [0.25, 0.3) is 0 Å². The third-order valence-electron chi connectivity index (χ3n) is 3.40. The smallest absolute Gasteiger partial charge is 0.322 e. The quantitative estimate of drug-likeness (QED) is 0.608. The number of nitrogens with one attached hydrogen (secondary N) is 1. The fourth-order valence-corrected chi connectivity index (χ4v) is 2.45. The number of nitrogens with zero attached hydrogens (tertiary/aromatic N) is 4. The summed E-state index contributed by atoms with van der Waals surface area (Å²) in [6.45, 7) is 4.36. The van der Waals surface area contributed by atoms with Gasteiger partial charge in [0, 0.05) is 12.1 Å². The van der Waals surface area contributed by atoms with Crippen LogP contribution in [0.4, 0.5) is 11.9 Å². The van der Waals surface area contributed by atoms with E-state index in [1.165, 1.54) is 7.11 Å². The van der Waals surface area contributed by atoms with E-state index < -0.39 is 0 Å². The zero-order chi connectivity index (χ0) is 13.1. The van der Waals surface area contributed by atoms with Crippen LogP contribution in [-0.4, -0.2) is 34.1 Å². The van der Waals surface area contributed by atoms with E-state index >= 15 is 0 Å². The second-order valence-electron chi connectivity index (χ2n) is 4.49. The maximum atomic E-state index is 5.37. The number of anilines is 2. The first-order valence-corrected chi connectivity index (χ1v) is 6.24. The molecule has 1 fully saturated rings. The number of hydrogen-bond acceptors (Lipinski definition) is 7. The number of ether oxygens (including phenoxy) is 1. The van der Waals surface area contributed by atoms with Gasteiger partial charge in [0.05, 0.1) is 7.11 Å². The molecule has 0 bridgehead atoms. The highest BCUT2D eigenvalue weighted by molar-refractivity contribution is 5.41. The van der Waals surface area contributed by atoms with E-state index in [2.05, 4.69) is 39.1 Å². The average molecular weight is 252 g/mol. The van der Waals surface area contributed by atoms with Crippen LogP contribution in [0.2, 0.25) is 0 Å². The van der Waals surface area contributed by atoms with Gasteiger partial charge in [0.15, 0.2) is 0 Å². The molecule has 1 aromatic heterocycles. The highest BCUT2D eigenvalue weighted by Gasteiger charge is 2.32. The summed E-state index contributed by atoms with van der Waals surface area (Å²) < 4.78 is 5.08. The van der Waals surface area contributed by atoms with Crippen molar-refractivity contribution < 1.29 is 4.74 Å². The molecular formula is C11H20N6O. The van der Waals surface area contributed by atoms with Crippen molar-refractivity contribution in [2.24, 2.45) is 5.84 Å². The SMILES string of the molecule is CCC1CCC(C)N1c1nc(NN)nc(OC)n1. The molecule has 2 heterocycles. The lowest BCUT2D eigenvalue weighted by Crippen LogP contribution is -2.36. The van der Waals surface area contributed by atoms with Crippen molar-refractivity contribution in [2.75, 3.05) is 17.4 Å². The fourth-order valence-electron chi connectivity index (χ4n) is 2.45. The van der Waals surface area contributed by atoms with Crippen LogP contribution in [0.5, 0.6) is 6.01 Å². The molecular weight excluding hydrogens is 232 g/mol. The second-order valence-corrected chi connectivity index (χ2v) is 4.49. The van der Waals surface area contributed by atoms with E-state index in [1.54, 1.807) is 0 Å². The maximum absolute atomic E-state index is 5.37. The third-order valence-corrected chi connectivity index (χ3v) is 3.40. The molecule has 2 rings (SSSR count). The molecule has 0 spiro atoms. The minimum absolute atomic E-state index is 0.280. The molecule has 0 aliphatic carbocycles. The fraction of sp³-hybridized carbons (Fsp3) is 0.727. The van der Waals surface area contributed by atoms with Gasteiger partial charge in [-0.2, -0.15) is 15.0 Å². The molecule has 18 heavy (non-hydrogen) atoms. The van der Waals surface area contributed by atoms with Crippen molar-refractivity contribution in [3.63, 3.8) is 0 Å². The van der Waals surface area contributed by atoms with Crippen LogP contribution in [-0.2, 0) is 0 Å². The number of hydrogen-bond donors (Lipinski definition) is 2. The van der Waals surface area contributed by atoms with E-state index in [0.717, 1.165) is 19.3 Å². The number of nitrogen functional groups attached to an aromatic ring is 1. The number of methoxy groups -OCH3 is 1. The summed E-state index contributed by atoms with van der Waals surface area (Å²) in [5.41, 5.74) is 2.44. The molecule has 1 aromatic rings. The van der Waals surface area contributed by atoms with Crippen LogP contribution < -0.4 is 20.9 Å². The van der Waals surface area contributed by atoms with Crippen molar-refractivity contribution in [3.05, 3.63) is 0 Å². The summed E-state index contributed by atoms with van der Waals surface area (Å²) in [6.07, 6.45) is 3.39. The first-order valence-electron chi connectivity index (χ1n) is 6.24. The van der Waals surface area contributed by atoms with Gasteiger partial charge < -0.3 is 9.64 Å². The van der Waals surface area contributed by atoms with Crippen LogP contribution in [0.3, 0.4) is 0 Å². The van der Waals surface area contributed by atoms with Gasteiger partial charge in [0.2, 0.25) is 11.9 Å². The van der Waals surface area contributed by atoms with Crippen LogP contribution in [0, 0.1) is 0 Å². The van der Waals surface area contributed by atoms with Gasteiger partial charge >= 0.3 is 6.01 Å². The summed E-state index contributed by atoms with van der Waals surface area (Å²) in [5.74, 6) is 6.32. The first kappa shape index (κ1) is 12.8. The minimum atomic E-state index is 0.280. The second kappa shape index (κ2) is 5.34. The first-order chi connectivity index (χ1) is 8.69. The highest BCUT2D eigenvalue weighted by Crippen LogP contribution is 2.30. The number of hydrazine groups is 1. The number of nitrogens with two attached hydrogens (primary N) is 1. The molecule has 2 atom stereocenters. The summed E-state index contributed by atoms with van der Waals surface area (Å²) >= 11 is 0. The Morgan fingerprint density at radius 2 is 2.17 bits per heavy atom. The highest BCUT2D eigenvalue weighted by atomic mass is 16.5. The molecule has 0 aromatic carbocycles. The summed E-state index contributed by atoms with van der Waals surface area (Å²) in [5, 5.41) is 0. The van der Waals surface area contributed by atoms with Gasteiger partial charge in [-0.25, -0.2) is 5.84 Å². The summed E-state index contributed by atoms with van der Waals surface area (Å²) in [4.78, 5) is 14.9. The van der Waals surface area contributed by atoms with Gasteiger partial charge in [-0.05, 0) is 26.2 Å². The lowest BCUT2D eigenvalue weighted by molar-refractivity contribution is 0.378. The summed E-state index contributed by atoms with van der Waals surface area (Å²) in [6, 6.07) is 1.17. The molecule has 2 unspecified atom stereocenters. The largest absolute Gasteiger partial charge is 0.467 e. The Kier molecular flexibility index (Phi) is 3.81. The van der Waals surface area contributed by atoms with Gasteiger partial charge in [-0.1, -0.05) is 6.92 Å². The molecule has 1 saturated heterocycles. The average Bonchev–Trinajstić information content (AvgIpc) is 2.79. The molecule has 100 valence electrons. The number of rotatable bonds is 4. The third kappa shape index (κ3) is 2.31. The zero-order valence-corrected chi connectivity index (χ0v) is 11.1. The van der Waals surface area contributed by atoms with E-state index in [4.69, 9.17) is 10.6 Å². The molecule has 1 aliphatic heterocycles. The Morgan fingerprint density at radius 3 is 2.78 bits per heavy atom. The molecule has 0 radical (unpaired) electrons. The van der Waals surface area contributed by atoms with E-state index in [1.807, 2.05) is 0 Å². The van der Waals surface area contributed by atoms with E-state index in [9.17, 15) is 0 Å². The van der Waals surface area contributed by atoms with Gasteiger partial charge in [-0.15, -0.1) is 0 Å².